The lowest BCUT2D eigenvalue weighted by molar-refractivity contribution is 0.104. The Labute approximate surface area is 147 Å². The van der Waals surface area contributed by atoms with Crippen molar-refractivity contribution >= 4 is 22.8 Å². The maximum Gasteiger partial charge on any atom is 0.189 e. The van der Waals surface area contributed by atoms with Gasteiger partial charge in [-0.1, -0.05) is 30.3 Å². The molecule has 0 saturated carbocycles. The molecule has 0 spiro atoms. The highest BCUT2D eigenvalue weighted by molar-refractivity contribution is 6.09. The minimum absolute atomic E-state index is 0.0620. The number of aromatic nitrogens is 1. The fourth-order valence-corrected chi connectivity index (χ4v) is 2.64. The number of nitrogens with one attached hydrogen (secondary N) is 1. The van der Waals surface area contributed by atoms with Crippen molar-refractivity contribution in [2.24, 2.45) is 0 Å². The van der Waals surface area contributed by atoms with Crippen LogP contribution in [0, 0.1) is 0 Å². The van der Waals surface area contributed by atoms with E-state index in [0.717, 1.165) is 23.0 Å². The molecule has 0 amide bonds. The van der Waals surface area contributed by atoms with Gasteiger partial charge in [0.2, 0.25) is 0 Å². The van der Waals surface area contributed by atoms with Crippen molar-refractivity contribution in [2.75, 3.05) is 27.2 Å². The molecule has 0 atom stereocenters. The average Bonchev–Trinajstić information content (AvgIpc) is 3.09. The Morgan fingerprint density at radius 3 is 2.80 bits per heavy atom. The minimum atomic E-state index is -0.0620. The van der Waals surface area contributed by atoms with Crippen LogP contribution in [0.3, 0.4) is 0 Å². The highest BCUT2D eigenvalue weighted by Gasteiger charge is 2.10. The summed E-state index contributed by atoms with van der Waals surface area (Å²) in [7, 11) is 3.98. The molecule has 0 aliphatic rings. The van der Waals surface area contributed by atoms with Gasteiger partial charge in [0.1, 0.15) is 12.4 Å². The number of H-pyrrole nitrogens is 1. The van der Waals surface area contributed by atoms with Crippen molar-refractivity contribution in [1.29, 1.82) is 0 Å². The molecule has 4 heteroatoms. The van der Waals surface area contributed by atoms with Crippen LogP contribution in [0.2, 0.25) is 0 Å². The SMILES string of the molecule is CN(C)CCOc1ccccc1C(=O)/C=C/c1cccc2[nH]ccc12. The zero-order chi connectivity index (χ0) is 17.6. The Balaban J connectivity index is 1.78. The number of hydrogen-bond acceptors (Lipinski definition) is 3. The number of ketones is 1. The topological polar surface area (TPSA) is 45.3 Å². The van der Waals surface area contributed by atoms with Crippen LogP contribution in [0.4, 0.5) is 0 Å². The van der Waals surface area contributed by atoms with E-state index in [0.29, 0.717) is 17.9 Å². The number of ether oxygens (including phenoxy) is 1. The molecule has 0 bridgehead atoms. The van der Waals surface area contributed by atoms with E-state index in [1.165, 1.54) is 0 Å². The van der Waals surface area contributed by atoms with Gasteiger partial charge in [0.15, 0.2) is 5.78 Å². The van der Waals surface area contributed by atoms with Gasteiger partial charge in [-0.05, 0) is 50.0 Å². The van der Waals surface area contributed by atoms with Gasteiger partial charge in [-0.3, -0.25) is 4.79 Å². The summed E-state index contributed by atoms with van der Waals surface area (Å²) in [6, 6.07) is 15.4. The summed E-state index contributed by atoms with van der Waals surface area (Å²) in [5.41, 5.74) is 2.65. The Bertz CT molecular complexity index is 894. The summed E-state index contributed by atoms with van der Waals surface area (Å²) in [6.45, 7) is 1.34. The number of likely N-dealkylation sites (N-methyl/N-ethyl adjacent to an activating group) is 1. The fourth-order valence-electron chi connectivity index (χ4n) is 2.64. The molecular weight excluding hydrogens is 312 g/mol. The van der Waals surface area contributed by atoms with Crippen molar-refractivity contribution < 1.29 is 9.53 Å². The van der Waals surface area contributed by atoms with Crippen LogP contribution in [0.5, 0.6) is 5.75 Å². The maximum atomic E-state index is 12.6. The molecular formula is C21H22N2O2. The Kier molecular flexibility index (Phi) is 5.31. The van der Waals surface area contributed by atoms with Crippen LogP contribution in [-0.2, 0) is 0 Å². The van der Waals surface area contributed by atoms with Gasteiger partial charge in [-0.2, -0.15) is 0 Å². The molecule has 1 aromatic heterocycles. The second-order valence-electron chi connectivity index (χ2n) is 6.13. The first-order valence-corrected chi connectivity index (χ1v) is 8.30. The van der Waals surface area contributed by atoms with Crippen LogP contribution in [0.15, 0.2) is 60.8 Å². The standard InChI is InChI=1S/C21H22N2O2/c1-23(2)14-15-25-21-9-4-3-7-18(21)20(24)11-10-16-6-5-8-19-17(16)12-13-22-19/h3-13,22H,14-15H2,1-2H3/b11-10+. The van der Waals surface area contributed by atoms with E-state index in [2.05, 4.69) is 4.98 Å². The lowest BCUT2D eigenvalue weighted by atomic mass is 10.1. The van der Waals surface area contributed by atoms with Crippen LogP contribution in [0.1, 0.15) is 15.9 Å². The Morgan fingerprint density at radius 2 is 1.96 bits per heavy atom. The van der Waals surface area contributed by atoms with Crippen molar-refractivity contribution in [3.8, 4) is 5.75 Å². The quantitative estimate of drug-likeness (QED) is 0.525. The summed E-state index contributed by atoms with van der Waals surface area (Å²) >= 11 is 0. The van der Waals surface area contributed by atoms with E-state index in [1.807, 2.05) is 73.7 Å². The number of hydrogen-bond donors (Lipinski definition) is 1. The predicted molar refractivity (Wildman–Crippen MR) is 102 cm³/mol. The lowest BCUT2D eigenvalue weighted by Crippen LogP contribution is -2.20. The third-order valence-corrected chi connectivity index (χ3v) is 3.99. The van der Waals surface area contributed by atoms with E-state index in [4.69, 9.17) is 4.74 Å². The highest BCUT2D eigenvalue weighted by atomic mass is 16.5. The highest BCUT2D eigenvalue weighted by Crippen LogP contribution is 2.21. The molecule has 128 valence electrons. The number of carbonyl (C=O) groups is 1. The molecule has 0 aliphatic heterocycles. The van der Waals surface area contributed by atoms with E-state index in [9.17, 15) is 4.79 Å². The maximum absolute atomic E-state index is 12.6. The van der Waals surface area contributed by atoms with Gasteiger partial charge in [-0.25, -0.2) is 0 Å². The molecule has 0 fully saturated rings. The molecule has 0 saturated heterocycles. The predicted octanol–water partition coefficient (Wildman–Crippen LogP) is 4.00. The molecule has 0 aliphatic carbocycles. The van der Waals surface area contributed by atoms with Gasteiger partial charge in [0, 0.05) is 23.6 Å². The molecule has 0 unspecified atom stereocenters. The second-order valence-corrected chi connectivity index (χ2v) is 6.13. The first-order chi connectivity index (χ1) is 12.1. The minimum Gasteiger partial charge on any atom is -0.491 e. The first kappa shape index (κ1) is 17.0. The molecule has 25 heavy (non-hydrogen) atoms. The van der Waals surface area contributed by atoms with Crippen molar-refractivity contribution in [2.45, 2.75) is 0 Å². The van der Waals surface area contributed by atoms with Crippen LogP contribution < -0.4 is 4.74 Å². The largest absolute Gasteiger partial charge is 0.491 e. The molecule has 2 aromatic carbocycles. The first-order valence-electron chi connectivity index (χ1n) is 8.30. The Morgan fingerprint density at radius 1 is 1.12 bits per heavy atom. The average molecular weight is 334 g/mol. The van der Waals surface area contributed by atoms with E-state index >= 15 is 0 Å². The van der Waals surface area contributed by atoms with Gasteiger partial charge in [0.05, 0.1) is 5.56 Å². The number of para-hydroxylation sites is 1. The normalized spacial score (nSPS) is 11.5. The number of fused-ring (bicyclic) bond motifs is 1. The molecule has 3 rings (SSSR count). The third-order valence-electron chi connectivity index (χ3n) is 3.99. The van der Waals surface area contributed by atoms with Crippen LogP contribution in [0.25, 0.3) is 17.0 Å². The number of nitrogens with zero attached hydrogens (tertiary/aromatic N) is 1. The van der Waals surface area contributed by atoms with Crippen molar-refractivity contribution in [3.05, 3.63) is 71.9 Å². The number of allylic oxidation sites excluding steroid dienone is 1. The van der Waals surface area contributed by atoms with E-state index in [1.54, 1.807) is 12.1 Å². The summed E-state index contributed by atoms with van der Waals surface area (Å²) in [5.74, 6) is 0.562. The zero-order valence-electron chi connectivity index (χ0n) is 14.5. The van der Waals surface area contributed by atoms with Crippen molar-refractivity contribution in [1.82, 2.24) is 9.88 Å². The van der Waals surface area contributed by atoms with Gasteiger partial charge >= 0.3 is 0 Å². The Hall–Kier alpha value is -2.85. The number of rotatable bonds is 7. The summed E-state index contributed by atoms with van der Waals surface area (Å²) < 4.78 is 5.78. The van der Waals surface area contributed by atoms with Gasteiger partial charge in [-0.15, -0.1) is 0 Å². The molecule has 0 radical (unpaired) electrons. The number of carbonyl (C=O) groups excluding carboxylic acids is 1. The molecule has 1 N–H and O–H groups in total. The van der Waals surface area contributed by atoms with Gasteiger partial charge < -0.3 is 14.6 Å². The summed E-state index contributed by atoms with van der Waals surface area (Å²) in [6.07, 6.45) is 5.36. The third kappa shape index (κ3) is 4.17. The molecule has 1 heterocycles. The van der Waals surface area contributed by atoms with Crippen LogP contribution in [-0.4, -0.2) is 42.9 Å². The lowest BCUT2D eigenvalue weighted by Gasteiger charge is -2.12. The van der Waals surface area contributed by atoms with E-state index in [-0.39, 0.29) is 5.78 Å². The smallest absolute Gasteiger partial charge is 0.189 e. The number of aromatic amines is 1. The van der Waals surface area contributed by atoms with Crippen LogP contribution >= 0.6 is 0 Å². The summed E-state index contributed by atoms with van der Waals surface area (Å²) in [4.78, 5) is 17.8. The monoisotopic (exact) mass is 334 g/mol. The fraction of sp³-hybridized carbons (Fsp3) is 0.190. The number of benzene rings is 2. The molecule has 4 nitrogen and oxygen atoms in total. The van der Waals surface area contributed by atoms with Crippen molar-refractivity contribution in [3.63, 3.8) is 0 Å². The zero-order valence-corrected chi connectivity index (χ0v) is 14.5. The van der Waals surface area contributed by atoms with Gasteiger partial charge in [0.25, 0.3) is 0 Å². The summed E-state index contributed by atoms with van der Waals surface area (Å²) in [5, 5.41) is 1.10. The second kappa shape index (κ2) is 7.81. The molecule has 3 aromatic rings. The van der Waals surface area contributed by atoms with E-state index < -0.39 is 0 Å².